The lowest BCUT2D eigenvalue weighted by Gasteiger charge is -2.28. The molecule has 2 aromatic rings. The normalized spacial score (nSPS) is 20.6. The molecule has 1 fully saturated rings. The topological polar surface area (TPSA) is 82.2 Å². The fraction of sp³-hybridized carbons (Fsp3) is 0.444. The number of rotatable bonds is 4. The van der Waals surface area contributed by atoms with E-state index in [1.54, 1.807) is 31.1 Å². The van der Waals surface area contributed by atoms with Crippen LogP contribution in [0.15, 0.2) is 35.4 Å². The maximum absolute atomic E-state index is 12.6. The van der Waals surface area contributed by atoms with Crippen LogP contribution >= 0.6 is 0 Å². The molecule has 2 aromatic heterocycles. The number of aromatic nitrogens is 3. The molecule has 1 saturated heterocycles. The van der Waals surface area contributed by atoms with E-state index >= 15 is 0 Å². The van der Waals surface area contributed by atoms with Crippen molar-refractivity contribution < 1.29 is 4.79 Å². The van der Waals surface area contributed by atoms with Gasteiger partial charge in [-0.25, -0.2) is 4.79 Å². The first-order valence-corrected chi connectivity index (χ1v) is 8.39. The van der Waals surface area contributed by atoms with Gasteiger partial charge in [0.15, 0.2) is 0 Å². The molecule has 0 bridgehead atoms. The molecular weight excluding hydrogens is 318 g/mol. The Morgan fingerprint density at radius 3 is 2.96 bits per heavy atom. The van der Waals surface area contributed by atoms with E-state index in [1.165, 1.54) is 5.56 Å². The SMILES string of the molecule is Cc1cc(C(=O)N(C)C[C@@H]2CCN(C)[C@H]2c2cccnc2)nc(=O)[nH]1. The molecule has 1 aliphatic rings. The van der Waals surface area contributed by atoms with Crippen molar-refractivity contribution in [1.29, 1.82) is 0 Å². The Hall–Kier alpha value is -2.54. The molecule has 2 atom stereocenters. The van der Waals surface area contributed by atoms with E-state index in [1.807, 2.05) is 12.3 Å². The number of aromatic amines is 1. The van der Waals surface area contributed by atoms with Crippen LogP contribution in [0, 0.1) is 12.8 Å². The molecule has 0 saturated carbocycles. The molecule has 0 spiro atoms. The highest BCUT2D eigenvalue weighted by molar-refractivity contribution is 5.92. The molecule has 3 heterocycles. The summed E-state index contributed by atoms with van der Waals surface area (Å²) in [5.41, 5.74) is 1.49. The van der Waals surface area contributed by atoms with Gasteiger partial charge in [-0.3, -0.25) is 14.7 Å². The lowest BCUT2D eigenvalue weighted by molar-refractivity contribution is 0.0754. The van der Waals surface area contributed by atoms with E-state index in [0.717, 1.165) is 13.0 Å². The first-order chi connectivity index (χ1) is 12.0. The Morgan fingerprint density at radius 2 is 2.28 bits per heavy atom. The zero-order chi connectivity index (χ0) is 18.0. The van der Waals surface area contributed by atoms with Crippen molar-refractivity contribution in [2.45, 2.75) is 19.4 Å². The maximum atomic E-state index is 12.6. The van der Waals surface area contributed by atoms with E-state index in [4.69, 9.17) is 0 Å². The highest BCUT2D eigenvalue weighted by Gasteiger charge is 2.34. The van der Waals surface area contributed by atoms with Crippen LogP contribution in [0.5, 0.6) is 0 Å². The average molecular weight is 341 g/mol. The minimum absolute atomic E-state index is 0.188. The second-order valence-corrected chi connectivity index (χ2v) is 6.70. The molecule has 1 aliphatic heterocycles. The highest BCUT2D eigenvalue weighted by Crippen LogP contribution is 2.36. The van der Waals surface area contributed by atoms with Gasteiger partial charge in [0.1, 0.15) is 5.69 Å². The van der Waals surface area contributed by atoms with Crippen molar-refractivity contribution >= 4 is 5.91 Å². The monoisotopic (exact) mass is 341 g/mol. The summed E-state index contributed by atoms with van der Waals surface area (Å²) in [6, 6.07) is 5.86. The maximum Gasteiger partial charge on any atom is 0.345 e. The molecule has 0 radical (unpaired) electrons. The van der Waals surface area contributed by atoms with Crippen LogP contribution in [0.2, 0.25) is 0 Å². The second kappa shape index (κ2) is 7.14. The largest absolute Gasteiger partial charge is 0.345 e. The molecule has 0 unspecified atom stereocenters. The summed E-state index contributed by atoms with van der Waals surface area (Å²) in [5, 5.41) is 0. The number of nitrogens with zero attached hydrogens (tertiary/aromatic N) is 4. The van der Waals surface area contributed by atoms with Gasteiger partial charge in [-0.1, -0.05) is 6.07 Å². The Morgan fingerprint density at radius 1 is 1.48 bits per heavy atom. The van der Waals surface area contributed by atoms with Gasteiger partial charge in [-0.15, -0.1) is 0 Å². The fourth-order valence-electron chi connectivity index (χ4n) is 3.61. The number of aryl methyl sites for hydroxylation is 1. The van der Waals surface area contributed by atoms with E-state index < -0.39 is 5.69 Å². The Bertz CT molecular complexity index is 805. The Labute approximate surface area is 146 Å². The van der Waals surface area contributed by atoms with Crippen molar-refractivity contribution in [3.63, 3.8) is 0 Å². The smallest absolute Gasteiger partial charge is 0.340 e. The molecule has 1 amide bonds. The van der Waals surface area contributed by atoms with Crippen LogP contribution in [0.3, 0.4) is 0 Å². The van der Waals surface area contributed by atoms with Crippen molar-refractivity contribution in [2.75, 3.05) is 27.2 Å². The molecular formula is C18H23N5O2. The molecule has 7 nitrogen and oxygen atoms in total. The van der Waals surface area contributed by atoms with Crippen LogP contribution in [0.4, 0.5) is 0 Å². The minimum atomic E-state index is -0.495. The van der Waals surface area contributed by atoms with Gasteiger partial charge in [0.25, 0.3) is 5.91 Å². The summed E-state index contributed by atoms with van der Waals surface area (Å²) in [6.07, 6.45) is 4.67. The highest BCUT2D eigenvalue weighted by atomic mass is 16.2. The summed E-state index contributed by atoms with van der Waals surface area (Å²) in [7, 11) is 3.86. The molecule has 0 aliphatic carbocycles. The third-order valence-corrected chi connectivity index (χ3v) is 4.75. The van der Waals surface area contributed by atoms with Gasteiger partial charge in [0, 0.05) is 37.7 Å². The molecule has 0 aromatic carbocycles. The lowest BCUT2D eigenvalue weighted by Crippen LogP contribution is -2.35. The number of amides is 1. The van der Waals surface area contributed by atoms with Gasteiger partial charge >= 0.3 is 5.69 Å². The Balaban J connectivity index is 1.76. The van der Waals surface area contributed by atoms with Crippen LogP contribution in [-0.2, 0) is 0 Å². The summed E-state index contributed by atoms with van der Waals surface area (Å²) >= 11 is 0. The summed E-state index contributed by atoms with van der Waals surface area (Å²) in [5.74, 6) is 0.0833. The zero-order valence-corrected chi connectivity index (χ0v) is 14.8. The number of hydrogen-bond donors (Lipinski definition) is 1. The summed E-state index contributed by atoms with van der Waals surface area (Å²) in [6.45, 7) is 3.33. The van der Waals surface area contributed by atoms with Gasteiger partial charge in [0.2, 0.25) is 0 Å². The lowest BCUT2D eigenvalue weighted by atomic mass is 9.94. The van der Waals surface area contributed by atoms with E-state index in [-0.39, 0.29) is 17.6 Å². The second-order valence-electron chi connectivity index (χ2n) is 6.70. The summed E-state index contributed by atoms with van der Waals surface area (Å²) in [4.78, 5) is 38.7. The number of H-pyrrole nitrogens is 1. The van der Waals surface area contributed by atoms with E-state index in [2.05, 4.69) is 33.0 Å². The van der Waals surface area contributed by atoms with Crippen LogP contribution < -0.4 is 5.69 Å². The first kappa shape index (κ1) is 17.3. The third kappa shape index (κ3) is 3.76. The number of carbonyl (C=O) groups excluding carboxylic acids is 1. The van der Waals surface area contributed by atoms with E-state index in [0.29, 0.717) is 18.2 Å². The molecule has 1 N–H and O–H groups in total. The molecule has 3 rings (SSSR count). The van der Waals surface area contributed by atoms with Crippen molar-refractivity contribution in [1.82, 2.24) is 24.8 Å². The van der Waals surface area contributed by atoms with Gasteiger partial charge in [-0.05, 0) is 50.6 Å². The predicted molar refractivity (Wildman–Crippen MR) is 94.3 cm³/mol. The third-order valence-electron chi connectivity index (χ3n) is 4.75. The molecule has 7 heteroatoms. The van der Waals surface area contributed by atoms with Gasteiger partial charge in [0.05, 0.1) is 0 Å². The quantitative estimate of drug-likeness (QED) is 0.905. The molecule has 132 valence electrons. The van der Waals surface area contributed by atoms with Gasteiger partial charge in [-0.2, -0.15) is 4.98 Å². The number of likely N-dealkylation sites (tertiary alicyclic amines) is 1. The van der Waals surface area contributed by atoms with E-state index in [9.17, 15) is 9.59 Å². The average Bonchev–Trinajstić information content (AvgIpc) is 2.94. The number of carbonyl (C=O) groups is 1. The van der Waals surface area contributed by atoms with Crippen molar-refractivity contribution in [3.05, 3.63) is 58.0 Å². The molecule has 25 heavy (non-hydrogen) atoms. The standard InChI is InChI=1S/C18H23N5O2/c1-12-9-15(21-18(25)20-12)17(24)23(3)11-14-6-8-22(2)16(14)13-5-4-7-19-10-13/h4-5,7,9-10,14,16H,6,8,11H2,1-3H3,(H,20,21,25)/t14-,16-/m0/s1. The Kier molecular flexibility index (Phi) is 4.94. The van der Waals surface area contributed by atoms with Crippen molar-refractivity contribution in [2.24, 2.45) is 5.92 Å². The van der Waals surface area contributed by atoms with Crippen LogP contribution in [0.1, 0.15) is 34.2 Å². The van der Waals surface area contributed by atoms with Crippen LogP contribution in [0.25, 0.3) is 0 Å². The van der Waals surface area contributed by atoms with Crippen molar-refractivity contribution in [3.8, 4) is 0 Å². The van der Waals surface area contributed by atoms with Gasteiger partial charge < -0.3 is 9.88 Å². The first-order valence-electron chi connectivity index (χ1n) is 8.39. The summed E-state index contributed by atoms with van der Waals surface area (Å²) < 4.78 is 0. The fourth-order valence-corrected chi connectivity index (χ4v) is 3.61. The zero-order valence-electron chi connectivity index (χ0n) is 14.8. The number of pyridine rings is 1. The van der Waals surface area contributed by atoms with Crippen LogP contribution in [-0.4, -0.2) is 57.8 Å². The minimum Gasteiger partial charge on any atom is -0.340 e. The predicted octanol–water partition coefficient (Wildman–Crippen LogP) is 1.24. The number of nitrogens with one attached hydrogen (secondary N) is 1. The number of hydrogen-bond acceptors (Lipinski definition) is 5.